The molecule has 24 heavy (non-hydrogen) atoms. The van der Waals surface area contributed by atoms with Gasteiger partial charge in [0.05, 0.1) is 0 Å². The Morgan fingerprint density at radius 2 is 1.38 bits per heavy atom. The third kappa shape index (κ3) is 7.05. The molecular formula is C20H36O3Si. The summed E-state index contributed by atoms with van der Waals surface area (Å²) in [4.78, 5) is 0. The molecule has 1 rings (SSSR count). The van der Waals surface area contributed by atoms with Crippen LogP contribution in [0.3, 0.4) is 0 Å². The standard InChI is InChI=1S/C20H36O3Si/c1-4-7-12-16-22-24(18-6-3,23-17-13-8-5-2)20(21)19-14-10-9-11-15-19/h9-11,14-15,20-21H,4-8,12-13,16-18H2,1-3H3. The van der Waals surface area contributed by atoms with E-state index in [1.54, 1.807) is 0 Å². The summed E-state index contributed by atoms with van der Waals surface area (Å²) in [6.45, 7) is 7.91. The Kier molecular flexibility index (Phi) is 11.3. The number of aliphatic hydroxyl groups is 1. The van der Waals surface area contributed by atoms with E-state index in [-0.39, 0.29) is 0 Å². The Balaban J connectivity index is 2.86. The second-order valence-corrected chi connectivity index (χ2v) is 9.73. The van der Waals surface area contributed by atoms with Gasteiger partial charge in [-0.3, -0.25) is 0 Å². The van der Waals surface area contributed by atoms with Crippen LogP contribution in [-0.4, -0.2) is 26.9 Å². The smallest absolute Gasteiger partial charge is 0.372 e. The molecule has 0 bridgehead atoms. The van der Waals surface area contributed by atoms with Crippen LogP contribution >= 0.6 is 0 Å². The highest BCUT2D eigenvalue weighted by atomic mass is 28.4. The Morgan fingerprint density at radius 3 is 1.83 bits per heavy atom. The molecule has 1 N–H and O–H groups in total. The van der Waals surface area contributed by atoms with Crippen LogP contribution in [0.4, 0.5) is 0 Å². The Labute approximate surface area is 149 Å². The van der Waals surface area contributed by atoms with Gasteiger partial charge in [0.15, 0.2) is 0 Å². The van der Waals surface area contributed by atoms with Gasteiger partial charge in [0.1, 0.15) is 5.73 Å². The van der Waals surface area contributed by atoms with Crippen LogP contribution in [0, 0.1) is 0 Å². The summed E-state index contributed by atoms with van der Waals surface area (Å²) in [6, 6.07) is 10.7. The molecule has 1 aromatic rings. The van der Waals surface area contributed by atoms with Gasteiger partial charge in [0, 0.05) is 13.2 Å². The monoisotopic (exact) mass is 352 g/mol. The molecule has 0 saturated heterocycles. The number of hydrogen-bond acceptors (Lipinski definition) is 3. The fourth-order valence-corrected chi connectivity index (χ4v) is 6.25. The van der Waals surface area contributed by atoms with Crippen LogP contribution in [0.15, 0.2) is 30.3 Å². The van der Waals surface area contributed by atoms with Crippen LogP contribution in [0.25, 0.3) is 0 Å². The molecule has 0 aliphatic heterocycles. The Morgan fingerprint density at radius 1 is 0.833 bits per heavy atom. The van der Waals surface area contributed by atoms with Crippen molar-refractivity contribution in [1.82, 2.24) is 0 Å². The zero-order valence-electron chi connectivity index (χ0n) is 15.8. The zero-order chi connectivity index (χ0) is 17.7. The van der Waals surface area contributed by atoms with Crippen molar-refractivity contribution in [3.8, 4) is 0 Å². The summed E-state index contributed by atoms with van der Waals surface area (Å²) >= 11 is 0. The number of aliphatic hydroxyl groups excluding tert-OH is 1. The quantitative estimate of drug-likeness (QED) is 0.354. The summed E-state index contributed by atoms with van der Waals surface area (Å²) in [7, 11) is -2.68. The Bertz CT molecular complexity index is 399. The summed E-state index contributed by atoms with van der Waals surface area (Å²) < 4.78 is 12.7. The molecule has 3 nitrogen and oxygen atoms in total. The SMILES string of the molecule is CCCCCO[Si](CCC)(OCCCCC)C(O)c1ccccc1. The van der Waals surface area contributed by atoms with Crippen molar-refractivity contribution in [2.75, 3.05) is 13.2 Å². The number of unbranched alkanes of at least 4 members (excludes halogenated alkanes) is 4. The third-order valence-corrected chi connectivity index (χ3v) is 8.07. The molecule has 0 saturated carbocycles. The summed E-state index contributed by atoms with van der Waals surface area (Å²) in [5.74, 6) is 0. The maximum Gasteiger partial charge on any atom is 0.372 e. The van der Waals surface area contributed by atoms with Gasteiger partial charge in [0.25, 0.3) is 0 Å². The second-order valence-electron chi connectivity index (χ2n) is 6.49. The molecule has 4 heteroatoms. The fraction of sp³-hybridized carbons (Fsp3) is 0.700. The summed E-state index contributed by atoms with van der Waals surface area (Å²) in [5.41, 5.74) is 0.297. The molecule has 1 atom stereocenters. The first-order valence-corrected chi connectivity index (χ1v) is 11.8. The van der Waals surface area contributed by atoms with Crippen molar-refractivity contribution in [1.29, 1.82) is 0 Å². The van der Waals surface area contributed by atoms with E-state index in [1.165, 1.54) is 12.8 Å². The van der Waals surface area contributed by atoms with Crippen molar-refractivity contribution < 1.29 is 14.0 Å². The molecule has 0 aliphatic rings. The number of benzene rings is 1. The van der Waals surface area contributed by atoms with Crippen LogP contribution < -0.4 is 0 Å². The van der Waals surface area contributed by atoms with E-state index in [0.717, 1.165) is 43.7 Å². The van der Waals surface area contributed by atoms with Crippen molar-refractivity contribution >= 4 is 8.56 Å². The molecule has 0 amide bonds. The highest BCUT2D eigenvalue weighted by Gasteiger charge is 2.45. The highest BCUT2D eigenvalue weighted by Crippen LogP contribution is 2.32. The lowest BCUT2D eigenvalue weighted by Gasteiger charge is -2.35. The molecule has 1 unspecified atom stereocenters. The first kappa shape index (κ1) is 21.4. The van der Waals surface area contributed by atoms with E-state index in [9.17, 15) is 5.11 Å². The first-order chi connectivity index (χ1) is 11.7. The zero-order valence-corrected chi connectivity index (χ0v) is 16.8. The van der Waals surface area contributed by atoms with Crippen LogP contribution in [-0.2, 0) is 8.85 Å². The van der Waals surface area contributed by atoms with Crippen molar-refractivity contribution in [3.63, 3.8) is 0 Å². The van der Waals surface area contributed by atoms with Crippen molar-refractivity contribution in [2.45, 2.75) is 77.5 Å². The normalized spacial score (nSPS) is 13.2. The highest BCUT2D eigenvalue weighted by molar-refractivity contribution is 6.68. The fourth-order valence-electron chi connectivity index (χ4n) is 2.91. The molecule has 0 fully saturated rings. The van der Waals surface area contributed by atoms with Gasteiger partial charge in [0.2, 0.25) is 0 Å². The molecule has 0 radical (unpaired) electrons. The molecule has 0 aliphatic carbocycles. The lowest BCUT2D eigenvalue weighted by molar-refractivity contribution is 0.0989. The second kappa shape index (κ2) is 12.6. The molecule has 138 valence electrons. The van der Waals surface area contributed by atoms with Gasteiger partial charge in [-0.05, 0) is 24.4 Å². The topological polar surface area (TPSA) is 38.7 Å². The molecule has 1 aromatic carbocycles. The van der Waals surface area contributed by atoms with Crippen molar-refractivity contribution in [2.24, 2.45) is 0 Å². The number of rotatable bonds is 14. The van der Waals surface area contributed by atoms with Gasteiger partial charge < -0.3 is 14.0 Å². The average molecular weight is 353 g/mol. The summed E-state index contributed by atoms with van der Waals surface area (Å²) in [6.07, 6.45) is 7.71. The van der Waals surface area contributed by atoms with E-state index in [4.69, 9.17) is 8.85 Å². The van der Waals surface area contributed by atoms with E-state index in [1.807, 2.05) is 30.3 Å². The predicted molar refractivity (Wildman–Crippen MR) is 103 cm³/mol. The summed E-state index contributed by atoms with van der Waals surface area (Å²) in [5, 5.41) is 11.1. The van der Waals surface area contributed by atoms with Gasteiger partial charge >= 0.3 is 8.56 Å². The minimum absolute atomic E-state index is 0.623. The lowest BCUT2D eigenvalue weighted by atomic mass is 10.2. The number of hydrogen-bond donors (Lipinski definition) is 1. The maximum absolute atomic E-state index is 11.1. The molecule has 0 spiro atoms. The molecule has 0 heterocycles. The minimum Gasteiger partial charge on any atom is -0.393 e. The van der Waals surface area contributed by atoms with Crippen molar-refractivity contribution in [3.05, 3.63) is 35.9 Å². The van der Waals surface area contributed by atoms with E-state index >= 15 is 0 Å². The molecule has 0 aromatic heterocycles. The van der Waals surface area contributed by atoms with Gasteiger partial charge in [-0.25, -0.2) is 0 Å². The average Bonchev–Trinajstić information content (AvgIpc) is 2.62. The van der Waals surface area contributed by atoms with E-state index in [2.05, 4.69) is 20.8 Å². The van der Waals surface area contributed by atoms with E-state index in [0.29, 0.717) is 13.2 Å². The Hall–Kier alpha value is -0.683. The van der Waals surface area contributed by atoms with Crippen LogP contribution in [0.5, 0.6) is 0 Å². The predicted octanol–water partition coefficient (Wildman–Crippen LogP) is 5.53. The van der Waals surface area contributed by atoms with Crippen LogP contribution in [0.2, 0.25) is 6.04 Å². The minimum atomic E-state index is -2.68. The van der Waals surface area contributed by atoms with Gasteiger partial charge in [-0.2, -0.15) is 0 Å². The third-order valence-electron chi connectivity index (χ3n) is 4.32. The molecular weight excluding hydrogens is 316 g/mol. The van der Waals surface area contributed by atoms with E-state index < -0.39 is 14.3 Å². The largest absolute Gasteiger partial charge is 0.393 e. The van der Waals surface area contributed by atoms with Gasteiger partial charge in [-0.1, -0.05) is 83.2 Å². The first-order valence-electron chi connectivity index (χ1n) is 9.71. The van der Waals surface area contributed by atoms with Gasteiger partial charge in [-0.15, -0.1) is 0 Å². The lowest BCUT2D eigenvalue weighted by Crippen LogP contribution is -2.49. The van der Waals surface area contributed by atoms with Crippen LogP contribution in [0.1, 0.15) is 77.0 Å². The maximum atomic E-state index is 11.1.